The van der Waals surface area contributed by atoms with Gasteiger partial charge in [-0.1, -0.05) is 19.9 Å². The first kappa shape index (κ1) is 16.2. The monoisotopic (exact) mass is 277 g/mol. The molecule has 0 unspecified atom stereocenters. The van der Waals surface area contributed by atoms with Crippen molar-refractivity contribution >= 4 is 23.2 Å². The van der Waals surface area contributed by atoms with Crippen molar-refractivity contribution in [2.24, 2.45) is 5.92 Å². The minimum Gasteiger partial charge on any atom is -0.326 e. The molecule has 1 rings (SSSR count). The Balaban J connectivity index is 2.39. The summed E-state index contributed by atoms with van der Waals surface area (Å²) in [6.07, 6.45) is 0.428. The highest BCUT2D eigenvalue weighted by molar-refractivity contribution is 5.93. The van der Waals surface area contributed by atoms with Crippen LogP contribution >= 0.6 is 0 Å². The zero-order valence-corrected chi connectivity index (χ0v) is 12.3. The first-order valence-electron chi connectivity index (χ1n) is 6.85. The Morgan fingerprint density at radius 3 is 2.40 bits per heavy atom. The van der Waals surface area contributed by atoms with Crippen LogP contribution in [0.2, 0.25) is 0 Å². The summed E-state index contributed by atoms with van der Waals surface area (Å²) in [6.45, 7) is 7.27. The molecule has 0 aliphatic carbocycles. The predicted molar refractivity (Wildman–Crippen MR) is 81.7 cm³/mol. The molecule has 0 aromatic heterocycles. The lowest BCUT2D eigenvalue weighted by atomic mass is 10.2. The molecule has 0 aliphatic rings. The number of hydrogen-bond acceptors (Lipinski definition) is 3. The van der Waals surface area contributed by atoms with Gasteiger partial charge >= 0.3 is 0 Å². The first-order valence-corrected chi connectivity index (χ1v) is 6.85. The van der Waals surface area contributed by atoms with Gasteiger partial charge in [-0.15, -0.1) is 0 Å². The van der Waals surface area contributed by atoms with Gasteiger partial charge in [-0.05, 0) is 30.7 Å². The van der Waals surface area contributed by atoms with E-state index >= 15 is 0 Å². The molecule has 5 nitrogen and oxygen atoms in total. The minimum atomic E-state index is -0.133. The normalized spacial score (nSPS) is 10.4. The van der Waals surface area contributed by atoms with Crippen LogP contribution in [0.3, 0.4) is 0 Å². The van der Waals surface area contributed by atoms with E-state index < -0.39 is 0 Å². The lowest BCUT2D eigenvalue weighted by molar-refractivity contribution is -0.116. The van der Waals surface area contributed by atoms with E-state index in [9.17, 15) is 9.59 Å². The smallest absolute Gasteiger partial charge is 0.225 e. The van der Waals surface area contributed by atoms with Gasteiger partial charge in [-0.3, -0.25) is 9.59 Å². The third-order valence-corrected chi connectivity index (χ3v) is 2.55. The number of rotatable bonds is 7. The van der Waals surface area contributed by atoms with Gasteiger partial charge in [0.15, 0.2) is 0 Å². The molecule has 0 fully saturated rings. The van der Waals surface area contributed by atoms with E-state index in [4.69, 9.17) is 0 Å². The first-order chi connectivity index (χ1) is 9.47. The van der Waals surface area contributed by atoms with Crippen LogP contribution in [0, 0.1) is 5.92 Å². The Bertz CT molecular complexity index is 458. The Labute approximate surface area is 120 Å². The van der Waals surface area contributed by atoms with Gasteiger partial charge in [0, 0.05) is 31.3 Å². The van der Waals surface area contributed by atoms with Crippen molar-refractivity contribution in [3.63, 3.8) is 0 Å². The molecule has 20 heavy (non-hydrogen) atoms. The van der Waals surface area contributed by atoms with Crippen molar-refractivity contribution in [1.29, 1.82) is 0 Å². The molecule has 0 saturated heterocycles. The summed E-state index contributed by atoms with van der Waals surface area (Å²) in [5.74, 6) is 0.403. The maximum atomic E-state index is 11.8. The average Bonchev–Trinajstić information content (AvgIpc) is 2.34. The summed E-state index contributed by atoms with van der Waals surface area (Å²) in [4.78, 5) is 22.7. The van der Waals surface area contributed by atoms with Crippen LogP contribution in [0.1, 0.15) is 27.2 Å². The summed E-state index contributed by atoms with van der Waals surface area (Å²) in [7, 11) is 0. The lowest BCUT2D eigenvalue weighted by Crippen LogP contribution is -2.24. The number of anilines is 2. The molecule has 0 spiro atoms. The average molecular weight is 277 g/mol. The van der Waals surface area contributed by atoms with Crippen molar-refractivity contribution in [2.45, 2.75) is 27.2 Å². The SMILES string of the molecule is CC(=O)Nc1cccc(NC(=O)CCNCC(C)C)c1. The van der Waals surface area contributed by atoms with Gasteiger partial charge in [0.05, 0.1) is 0 Å². The number of carbonyl (C=O) groups is 2. The van der Waals surface area contributed by atoms with Crippen molar-refractivity contribution in [2.75, 3.05) is 23.7 Å². The number of amides is 2. The quantitative estimate of drug-likeness (QED) is 0.669. The molecular weight excluding hydrogens is 254 g/mol. The zero-order valence-electron chi connectivity index (χ0n) is 12.3. The van der Waals surface area contributed by atoms with Gasteiger partial charge < -0.3 is 16.0 Å². The maximum absolute atomic E-state index is 11.8. The Hall–Kier alpha value is -1.88. The number of carbonyl (C=O) groups excluding carboxylic acids is 2. The lowest BCUT2D eigenvalue weighted by Gasteiger charge is -2.09. The second kappa shape index (κ2) is 8.32. The molecular formula is C15H23N3O2. The van der Waals surface area contributed by atoms with Crippen LogP contribution in [0.5, 0.6) is 0 Å². The van der Waals surface area contributed by atoms with Crippen LogP contribution in [0.4, 0.5) is 11.4 Å². The second-order valence-corrected chi connectivity index (χ2v) is 5.16. The number of nitrogens with one attached hydrogen (secondary N) is 3. The molecule has 0 heterocycles. The molecule has 3 N–H and O–H groups in total. The molecule has 0 atom stereocenters. The Kier molecular flexibility index (Phi) is 6.73. The summed E-state index contributed by atoms with van der Waals surface area (Å²) in [6, 6.07) is 7.10. The standard InChI is InChI=1S/C15H23N3O2/c1-11(2)10-16-8-7-15(20)18-14-6-4-5-13(9-14)17-12(3)19/h4-6,9,11,16H,7-8,10H2,1-3H3,(H,17,19)(H,18,20). The van der Waals surface area contributed by atoms with Crippen LogP contribution in [0.15, 0.2) is 24.3 Å². The zero-order chi connectivity index (χ0) is 15.0. The fourth-order valence-electron chi connectivity index (χ4n) is 1.69. The Morgan fingerprint density at radius 1 is 1.15 bits per heavy atom. The van der Waals surface area contributed by atoms with Crippen LogP contribution in [-0.2, 0) is 9.59 Å². The molecule has 0 aliphatic heterocycles. The highest BCUT2D eigenvalue weighted by Crippen LogP contribution is 2.15. The summed E-state index contributed by atoms with van der Waals surface area (Å²) in [5, 5.41) is 8.72. The van der Waals surface area contributed by atoms with E-state index in [1.54, 1.807) is 24.3 Å². The van der Waals surface area contributed by atoms with Gasteiger partial charge in [0.1, 0.15) is 0 Å². The van der Waals surface area contributed by atoms with Crippen LogP contribution in [-0.4, -0.2) is 24.9 Å². The molecule has 0 saturated carbocycles. The second-order valence-electron chi connectivity index (χ2n) is 5.16. The molecule has 0 radical (unpaired) electrons. The van der Waals surface area contributed by atoms with E-state index in [1.807, 2.05) is 0 Å². The summed E-state index contributed by atoms with van der Waals surface area (Å²) < 4.78 is 0. The van der Waals surface area contributed by atoms with Crippen molar-refractivity contribution in [3.8, 4) is 0 Å². The van der Waals surface area contributed by atoms with E-state index in [1.165, 1.54) is 6.92 Å². The van der Waals surface area contributed by atoms with E-state index in [-0.39, 0.29) is 11.8 Å². The molecule has 2 amide bonds. The summed E-state index contributed by atoms with van der Waals surface area (Å²) in [5.41, 5.74) is 1.36. The fraction of sp³-hybridized carbons (Fsp3) is 0.467. The number of benzene rings is 1. The third-order valence-electron chi connectivity index (χ3n) is 2.55. The third kappa shape index (κ3) is 6.89. The largest absolute Gasteiger partial charge is 0.326 e. The molecule has 0 bridgehead atoms. The van der Waals surface area contributed by atoms with E-state index in [2.05, 4.69) is 29.8 Å². The predicted octanol–water partition coefficient (Wildman–Crippen LogP) is 2.22. The molecule has 5 heteroatoms. The highest BCUT2D eigenvalue weighted by atomic mass is 16.2. The van der Waals surface area contributed by atoms with Gasteiger partial charge in [0.25, 0.3) is 0 Å². The van der Waals surface area contributed by atoms with Crippen LogP contribution < -0.4 is 16.0 Å². The van der Waals surface area contributed by atoms with Crippen LogP contribution in [0.25, 0.3) is 0 Å². The Morgan fingerprint density at radius 2 is 1.80 bits per heavy atom. The minimum absolute atomic E-state index is 0.0405. The summed E-state index contributed by atoms with van der Waals surface area (Å²) >= 11 is 0. The molecule has 1 aromatic rings. The molecule has 110 valence electrons. The number of hydrogen-bond donors (Lipinski definition) is 3. The fourth-order valence-corrected chi connectivity index (χ4v) is 1.69. The molecule has 1 aromatic carbocycles. The van der Waals surface area contributed by atoms with E-state index in [0.29, 0.717) is 30.3 Å². The maximum Gasteiger partial charge on any atom is 0.225 e. The van der Waals surface area contributed by atoms with Crippen molar-refractivity contribution < 1.29 is 9.59 Å². The highest BCUT2D eigenvalue weighted by Gasteiger charge is 2.03. The van der Waals surface area contributed by atoms with Crippen molar-refractivity contribution in [3.05, 3.63) is 24.3 Å². The van der Waals surface area contributed by atoms with Crippen molar-refractivity contribution in [1.82, 2.24) is 5.32 Å². The van der Waals surface area contributed by atoms with Gasteiger partial charge in [-0.2, -0.15) is 0 Å². The van der Waals surface area contributed by atoms with Gasteiger partial charge in [-0.25, -0.2) is 0 Å². The van der Waals surface area contributed by atoms with Gasteiger partial charge in [0.2, 0.25) is 11.8 Å². The van der Waals surface area contributed by atoms with E-state index in [0.717, 1.165) is 6.54 Å². The topological polar surface area (TPSA) is 70.2 Å².